The minimum atomic E-state index is -0.388. The molecule has 4 nitrogen and oxygen atoms in total. The van der Waals surface area contributed by atoms with E-state index in [-0.39, 0.29) is 18.2 Å². The van der Waals surface area contributed by atoms with Crippen molar-refractivity contribution >= 4 is 18.4 Å². The first-order valence-corrected chi connectivity index (χ1v) is 5.72. The summed E-state index contributed by atoms with van der Waals surface area (Å²) in [6.45, 7) is 1.81. The lowest BCUT2D eigenvalue weighted by Gasteiger charge is -2.36. The van der Waals surface area contributed by atoms with Gasteiger partial charge < -0.3 is 10.6 Å². The van der Waals surface area contributed by atoms with E-state index in [1.54, 1.807) is 0 Å². The van der Waals surface area contributed by atoms with E-state index in [1.165, 1.54) is 25.2 Å². The van der Waals surface area contributed by atoms with Crippen LogP contribution in [0.15, 0.2) is 12.4 Å². The van der Waals surface area contributed by atoms with Crippen molar-refractivity contribution in [2.75, 3.05) is 18.0 Å². The van der Waals surface area contributed by atoms with Crippen molar-refractivity contribution in [1.29, 1.82) is 0 Å². The molecule has 94 valence electrons. The molecule has 1 unspecified atom stereocenters. The fraction of sp³-hybridized carbons (Fsp3) is 0.636. The highest BCUT2D eigenvalue weighted by atomic mass is 35.5. The van der Waals surface area contributed by atoms with Crippen LogP contribution < -0.4 is 10.6 Å². The third-order valence-electron chi connectivity index (χ3n) is 3.80. The molecule has 2 fully saturated rings. The molecule has 6 heteroatoms. The largest absolute Gasteiger partial charge is 0.340 e. The molecule has 0 spiro atoms. The van der Waals surface area contributed by atoms with Gasteiger partial charge >= 0.3 is 0 Å². The van der Waals surface area contributed by atoms with E-state index in [2.05, 4.69) is 14.9 Å². The Bertz CT molecular complexity index is 372. The SMILES string of the molecule is Cl.NC1[C@@H]2CC[C@H]1CN(c1ncc(F)cn1)C2. The quantitative estimate of drug-likeness (QED) is 0.823. The zero-order valence-corrected chi connectivity index (χ0v) is 10.2. The minimum Gasteiger partial charge on any atom is -0.340 e. The number of fused-ring (bicyclic) bond motifs is 2. The molecule has 17 heavy (non-hydrogen) atoms. The predicted octanol–water partition coefficient (Wildman–Crippen LogP) is 1.21. The lowest BCUT2D eigenvalue weighted by Crippen LogP contribution is -2.49. The van der Waals surface area contributed by atoms with Crippen LogP contribution in [0.2, 0.25) is 0 Å². The maximum atomic E-state index is 12.7. The minimum absolute atomic E-state index is 0. The van der Waals surface area contributed by atoms with E-state index in [1.807, 2.05) is 0 Å². The van der Waals surface area contributed by atoms with Crippen molar-refractivity contribution < 1.29 is 4.39 Å². The number of aromatic nitrogens is 2. The zero-order chi connectivity index (χ0) is 11.1. The number of hydrogen-bond donors (Lipinski definition) is 1. The maximum Gasteiger partial charge on any atom is 0.225 e. The van der Waals surface area contributed by atoms with Crippen LogP contribution in [0.3, 0.4) is 0 Å². The molecular formula is C11H16ClFN4. The molecule has 2 bridgehead atoms. The Hall–Kier alpha value is -0.940. The van der Waals surface area contributed by atoms with Gasteiger partial charge in [0, 0.05) is 19.1 Å². The topological polar surface area (TPSA) is 55.0 Å². The second-order valence-corrected chi connectivity index (χ2v) is 4.78. The van der Waals surface area contributed by atoms with Crippen molar-refractivity contribution in [3.63, 3.8) is 0 Å². The van der Waals surface area contributed by atoms with Gasteiger partial charge in [-0.05, 0) is 24.7 Å². The average molecular weight is 259 g/mol. The number of hydrogen-bond acceptors (Lipinski definition) is 4. The first-order chi connectivity index (χ1) is 7.74. The van der Waals surface area contributed by atoms with Crippen molar-refractivity contribution in [3.8, 4) is 0 Å². The molecule has 0 amide bonds. The second-order valence-electron chi connectivity index (χ2n) is 4.78. The third-order valence-corrected chi connectivity index (χ3v) is 3.80. The van der Waals surface area contributed by atoms with Crippen molar-refractivity contribution in [2.24, 2.45) is 17.6 Å². The van der Waals surface area contributed by atoms with E-state index in [0.717, 1.165) is 13.1 Å². The molecule has 1 aromatic heterocycles. The highest BCUT2D eigenvalue weighted by molar-refractivity contribution is 5.85. The summed E-state index contributed by atoms with van der Waals surface area (Å²) in [4.78, 5) is 10.2. The van der Waals surface area contributed by atoms with Crippen molar-refractivity contribution in [2.45, 2.75) is 18.9 Å². The van der Waals surface area contributed by atoms with Crippen LogP contribution in [0, 0.1) is 17.7 Å². The van der Waals surface area contributed by atoms with Gasteiger partial charge in [0.2, 0.25) is 5.95 Å². The molecule has 1 saturated carbocycles. The van der Waals surface area contributed by atoms with Gasteiger partial charge in [-0.1, -0.05) is 0 Å². The molecule has 0 radical (unpaired) electrons. The van der Waals surface area contributed by atoms with Gasteiger partial charge in [0.25, 0.3) is 0 Å². The fourth-order valence-electron chi connectivity index (χ4n) is 2.90. The van der Waals surface area contributed by atoms with Gasteiger partial charge in [0.15, 0.2) is 5.82 Å². The van der Waals surface area contributed by atoms with Crippen molar-refractivity contribution in [1.82, 2.24) is 9.97 Å². The van der Waals surface area contributed by atoms with Gasteiger partial charge in [-0.15, -0.1) is 12.4 Å². The lowest BCUT2D eigenvalue weighted by molar-refractivity contribution is 0.353. The lowest BCUT2D eigenvalue weighted by atomic mass is 9.93. The molecule has 3 atom stereocenters. The van der Waals surface area contributed by atoms with Gasteiger partial charge in [-0.25, -0.2) is 14.4 Å². The van der Waals surface area contributed by atoms with Crippen LogP contribution in [0.25, 0.3) is 0 Å². The van der Waals surface area contributed by atoms with Gasteiger partial charge in [0.05, 0.1) is 12.4 Å². The summed E-state index contributed by atoms with van der Waals surface area (Å²) in [6, 6.07) is 0.330. The molecule has 2 N–H and O–H groups in total. The molecule has 1 aliphatic heterocycles. The Morgan fingerprint density at radius 1 is 1.18 bits per heavy atom. The van der Waals surface area contributed by atoms with E-state index in [4.69, 9.17) is 5.73 Å². The zero-order valence-electron chi connectivity index (χ0n) is 9.42. The highest BCUT2D eigenvalue weighted by Gasteiger charge is 2.40. The monoisotopic (exact) mass is 258 g/mol. The van der Waals surface area contributed by atoms with Crippen LogP contribution >= 0.6 is 12.4 Å². The Kier molecular flexibility index (Phi) is 3.49. The second kappa shape index (κ2) is 4.74. The molecule has 0 aromatic carbocycles. The molecule has 2 aliphatic rings. The Morgan fingerprint density at radius 3 is 2.24 bits per heavy atom. The summed E-state index contributed by atoms with van der Waals surface area (Å²) in [5, 5.41) is 0. The fourth-order valence-corrected chi connectivity index (χ4v) is 2.90. The first kappa shape index (κ1) is 12.5. The molecular weight excluding hydrogens is 243 g/mol. The average Bonchev–Trinajstić information content (AvgIpc) is 2.54. The maximum absolute atomic E-state index is 12.7. The van der Waals surface area contributed by atoms with E-state index in [0.29, 0.717) is 23.8 Å². The van der Waals surface area contributed by atoms with Crippen LogP contribution in [-0.4, -0.2) is 29.1 Å². The molecule has 3 rings (SSSR count). The first-order valence-electron chi connectivity index (χ1n) is 5.72. The number of halogens is 2. The van der Waals surface area contributed by atoms with Gasteiger partial charge in [-0.2, -0.15) is 0 Å². The van der Waals surface area contributed by atoms with E-state index in [9.17, 15) is 4.39 Å². The van der Waals surface area contributed by atoms with Crippen LogP contribution in [-0.2, 0) is 0 Å². The summed E-state index contributed by atoms with van der Waals surface area (Å²) in [7, 11) is 0. The molecule has 1 aromatic rings. The molecule has 1 aliphatic carbocycles. The van der Waals surface area contributed by atoms with E-state index >= 15 is 0 Å². The van der Waals surface area contributed by atoms with Crippen LogP contribution in [0.4, 0.5) is 10.3 Å². The smallest absolute Gasteiger partial charge is 0.225 e. The van der Waals surface area contributed by atoms with Gasteiger partial charge in [-0.3, -0.25) is 0 Å². The van der Waals surface area contributed by atoms with E-state index < -0.39 is 0 Å². The normalized spacial score (nSPS) is 31.2. The third kappa shape index (κ3) is 2.21. The number of anilines is 1. The van der Waals surface area contributed by atoms with Crippen LogP contribution in [0.5, 0.6) is 0 Å². The summed E-state index contributed by atoms with van der Waals surface area (Å²) < 4.78 is 12.7. The van der Waals surface area contributed by atoms with Crippen molar-refractivity contribution in [3.05, 3.63) is 18.2 Å². The summed E-state index contributed by atoms with van der Waals surface area (Å²) in [6.07, 6.45) is 4.84. The molecule has 1 saturated heterocycles. The predicted molar refractivity (Wildman–Crippen MR) is 65.6 cm³/mol. The van der Waals surface area contributed by atoms with Crippen LogP contribution in [0.1, 0.15) is 12.8 Å². The molecule has 2 heterocycles. The number of nitrogens with zero attached hydrogens (tertiary/aromatic N) is 3. The standard InChI is InChI=1S/C11H15FN4.ClH/c12-9-3-14-11(15-4-9)16-5-7-1-2-8(6-16)10(7)13;/h3-4,7-8,10H,1-2,5-6,13H2;1H/t7-,8+,10?;. The van der Waals surface area contributed by atoms with Gasteiger partial charge in [0.1, 0.15) is 0 Å². The number of rotatable bonds is 1. The summed E-state index contributed by atoms with van der Waals surface area (Å²) in [5.74, 6) is 1.34. The summed E-state index contributed by atoms with van der Waals surface area (Å²) in [5.41, 5.74) is 6.12. The Balaban J connectivity index is 0.00000108. The summed E-state index contributed by atoms with van der Waals surface area (Å²) >= 11 is 0. The highest BCUT2D eigenvalue weighted by Crippen LogP contribution is 2.36. The number of piperidine rings is 1. The Morgan fingerprint density at radius 2 is 1.71 bits per heavy atom. The number of nitrogens with two attached hydrogens (primary N) is 1. The Labute approximate surface area is 106 Å².